The predicted octanol–water partition coefficient (Wildman–Crippen LogP) is 0.334. The Kier molecular flexibility index (Phi) is 7.98. The highest BCUT2D eigenvalue weighted by Crippen LogP contribution is 1.97. The van der Waals surface area contributed by atoms with E-state index in [-0.39, 0.29) is 6.54 Å². The van der Waals surface area contributed by atoms with Crippen LogP contribution in [0.4, 0.5) is 13.4 Å². The fraction of sp³-hybridized carbons (Fsp3) is 0.500. The molecule has 0 saturated carbocycles. The molecule has 0 aromatic carbocycles. The maximum atomic E-state index is 11.3. The number of carboxylic acid groups (broad SMARTS) is 2. The van der Waals surface area contributed by atoms with Gasteiger partial charge < -0.3 is 10.2 Å². The smallest absolute Gasteiger partial charge is 0.414 e. The van der Waals surface area contributed by atoms with Gasteiger partial charge in [0.2, 0.25) is 0 Å². The molecule has 0 atom stereocenters. The SMILES string of the molecule is CCN(F)N(F)F.O=C(O)C(=O)O. The first-order valence-corrected chi connectivity index (χ1v) is 2.84. The summed E-state index contributed by atoms with van der Waals surface area (Å²) in [7, 11) is 0. The summed E-state index contributed by atoms with van der Waals surface area (Å²) in [5, 5.41) is 14.1. The summed E-state index contributed by atoms with van der Waals surface area (Å²) in [4.78, 5) is 18.2. The molecule has 0 aliphatic heterocycles. The van der Waals surface area contributed by atoms with Crippen LogP contribution >= 0.6 is 0 Å². The second-order valence-electron chi connectivity index (χ2n) is 1.48. The van der Waals surface area contributed by atoms with Crippen molar-refractivity contribution < 1.29 is 33.2 Å². The Bertz CT molecular complexity index is 165. The highest BCUT2D eigenvalue weighted by molar-refractivity contribution is 6.27. The van der Waals surface area contributed by atoms with Crippen LogP contribution in [0.3, 0.4) is 0 Å². The second-order valence-corrected chi connectivity index (χ2v) is 1.48. The molecule has 0 rings (SSSR count). The van der Waals surface area contributed by atoms with E-state index in [0.29, 0.717) is 0 Å². The summed E-state index contributed by atoms with van der Waals surface area (Å²) in [5.74, 6) is -3.65. The molecule has 0 unspecified atom stereocenters. The van der Waals surface area contributed by atoms with E-state index in [0.717, 1.165) is 0 Å². The molecule has 0 aliphatic carbocycles. The molecule has 0 amide bonds. The third-order valence-electron chi connectivity index (χ3n) is 0.608. The molecular formula is C4H7F3N2O4. The summed E-state index contributed by atoms with van der Waals surface area (Å²) in [6, 6.07) is 0. The first-order chi connectivity index (χ1) is 5.82. The fourth-order valence-corrected chi connectivity index (χ4v) is 0.107. The molecule has 6 nitrogen and oxygen atoms in total. The van der Waals surface area contributed by atoms with Gasteiger partial charge in [-0.05, 0) is 12.2 Å². The van der Waals surface area contributed by atoms with Crippen LogP contribution in [0.25, 0.3) is 0 Å². The third-order valence-corrected chi connectivity index (χ3v) is 0.608. The molecule has 2 N–H and O–H groups in total. The van der Waals surface area contributed by atoms with Gasteiger partial charge in [0.25, 0.3) is 0 Å². The van der Waals surface area contributed by atoms with Gasteiger partial charge in [0.1, 0.15) is 5.45 Å². The van der Waals surface area contributed by atoms with Gasteiger partial charge in [-0.3, -0.25) is 0 Å². The molecule has 0 saturated heterocycles. The predicted molar refractivity (Wildman–Crippen MR) is 32.8 cm³/mol. The van der Waals surface area contributed by atoms with Crippen LogP contribution in [0.5, 0.6) is 0 Å². The zero-order valence-corrected chi connectivity index (χ0v) is 6.45. The molecule has 0 aliphatic rings. The van der Waals surface area contributed by atoms with Crippen molar-refractivity contribution in [3.05, 3.63) is 0 Å². The lowest BCUT2D eigenvalue weighted by Crippen LogP contribution is -2.21. The lowest BCUT2D eigenvalue weighted by molar-refractivity contribution is -0.368. The van der Waals surface area contributed by atoms with E-state index >= 15 is 0 Å². The van der Waals surface area contributed by atoms with Crippen molar-refractivity contribution in [2.24, 2.45) is 0 Å². The average Bonchev–Trinajstić information content (AvgIpc) is 2.03. The lowest BCUT2D eigenvalue weighted by atomic mass is 10.7. The third kappa shape index (κ3) is 10.7. The number of carbonyl (C=O) groups is 2. The van der Waals surface area contributed by atoms with E-state index < -0.39 is 22.6 Å². The number of halogens is 3. The highest BCUT2D eigenvalue weighted by atomic mass is 19.4. The van der Waals surface area contributed by atoms with E-state index in [9.17, 15) is 13.4 Å². The Balaban J connectivity index is 0. The second kappa shape index (κ2) is 7.31. The molecule has 0 spiro atoms. The largest absolute Gasteiger partial charge is 0.473 e. The van der Waals surface area contributed by atoms with Gasteiger partial charge in [0.05, 0.1) is 0 Å². The lowest BCUT2D eigenvalue weighted by Gasteiger charge is -2.04. The molecular weight excluding hydrogens is 197 g/mol. The van der Waals surface area contributed by atoms with Crippen molar-refractivity contribution in [1.82, 2.24) is 10.7 Å². The number of carboxylic acids is 2. The molecule has 0 aromatic heterocycles. The Morgan fingerprint density at radius 3 is 1.46 bits per heavy atom. The van der Waals surface area contributed by atoms with Crippen LogP contribution in [0.2, 0.25) is 0 Å². The standard InChI is InChI=1S/C2H5F3N2.C2H2O4/c1-2-6(3)7(4)5;3-1(4)2(5)6/h2H2,1H3;(H,3,4)(H,5,6). The zero-order valence-electron chi connectivity index (χ0n) is 6.45. The topological polar surface area (TPSA) is 81.1 Å². The maximum Gasteiger partial charge on any atom is 0.414 e. The van der Waals surface area contributed by atoms with Gasteiger partial charge in [-0.2, -0.15) is 0 Å². The minimum absolute atomic E-state index is 0.340. The summed E-state index contributed by atoms with van der Waals surface area (Å²) >= 11 is 0. The first kappa shape index (κ1) is 14.2. The van der Waals surface area contributed by atoms with E-state index in [1.165, 1.54) is 6.92 Å². The molecule has 0 heterocycles. The van der Waals surface area contributed by atoms with Gasteiger partial charge in [0.15, 0.2) is 0 Å². The molecule has 9 heteroatoms. The highest BCUT2D eigenvalue weighted by Gasteiger charge is 2.07. The van der Waals surface area contributed by atoms with Crippen LogP contribution in [-0.2, 0) is 9.59 Å². The molecule has 0 fully saturated rings. The molecule has 0 radical (unpaired) electrons. The summed E-state index contributed by atoms with van der Waals surface area (Å²) < 4.78 is 32.9. The Hall–Kier alpha value is -1.35. The number of hydrazine groups is 1. The fourth-order valence-electron chi connectivity index (χ4n) is 0.107. The quantitative estimate of drug-likeness (QED) is 0.383. The minimum Gasteiger partial charge on any atom is -0.473 e. The number of hydrogen-bond acceptors (Lipinski definition) is 4. The normalized spacial score (nSPS) is 9.38. The average molecular weight is 204 g/mol. The van der Waals surface area contributed by atoms with Crippen molar-refractivity contribution in [3.63, 3.8) is 0 Å². The number of rotatable bonds is 2. The first-order valence-electron chi connectivity index (χ1n) is 2.84. The number of hydrogen-bond donors (Lipinski definition) is 2. The van der Waals surface area contributed by atoms with Crippen LogP contribution in [0, 0.1) is 0 Å². The van der Waals surface area contributed by atoms with Gasteiger partial charge >= 0.3 is 11.9 Å². The maximum absolute atomic E-state index is 11.3. The van der Waals surface area contributed by atoms with Crippen LogP contribution in [0.1, 0.15) is 6.92 Å². The number of nitrogens with zero attached hydrogens (tertiary/aromatic N) is 2. The Labute approximate surface area is 70.5 Å². The van der Waals surface area contributed by atoms with Gasteiger partial charge in [-0.15, -0.1) is 4.48 Å². The molecule has 78 valence electrons. The van der Waals surface area contributed by atoms with E-state index in [1.54, 1.807) is 0 Å². The monoisotopic (exact) mass is 204 g/mol. The van der Waals surface area contributed by atoms with Gasteiger partial charge in [-0.25, -0.2) is 9.59 Å². The Morgan fingerprint density at radius 1 is 1.15 bits per heavy atom. The van der Waals surface area contributed by atoms with E-state index in [2.05, 4.69) is 0 Å². The van der Waals surface area contributed by atoms with E-state index in [4.69, 9.17) is 19.8 Å². The minimum atomic E-state index is -1.82. The van der Waals surface area contributed by atoms with Crippen molar-refractivity contribution in [3.8, 4) is 0 Å². The van der Waals surface area contributed by atoms with Crippen molar-refractivity contribution >= 4 is 11.9 Å². The Morgan fingerprint density at radius 2 is 1.46 bits per heavy atom. The van der Waals surface area contributed by atoms with Crippen LogP contribution in [-0.4, -0.2) is 39.4 Å². The van der Waals surface area contributed by atoms with Crippen molar-refractivity contribution in [2.45, 2.75) is 6.92 Å². The van der Waals surface area contributed by atoms with Crippen molar-refractivity contribution in [1.29, 1.82) is 0 Å². The van der Waals surface area contributed by atoms with Gasteiger partial charge in [-0.1, -0.05) is 8.96 Å². The van der Waals surface area contributed by atoms with E-state index in [1.807, 2.05) is 0 Å². The molecule has 0 aromatic rings. The zero-order chi connectivity index (χ0) is 11.0. The molecule has 0 bridgehead atoms. The summed E-state index contributed by atoms with van der Waals surface area (Å²) in [6.45, 7) is 0.930. The molecule has 13 heavy (non-hydrogen) atoms. The van der Waals surface area contributed by atoms with Crippen molar-refractivity contribution in [2.75, 3.05) is 6.54 Å². The van der Waals surface area contributed by atoms with Gasteiger partial charge in [0, 0.05) is 6.54 Å². The van der Waals surface area contributed by atoms with Crippen LogP contribution in [0.15, 0.2) is 0 Å². The van der Waals surface area contributed by atoms with Crippen LogP contribution < -0.4 is 0 Å². The number of aliphatic carboxylic acids is 2. The summed E-state index contributed by atoms with van der Waals surface area (Å²) in [5.41, 5.74) is -1.61. The summed E-state index contributed by atoms with van der Waals surface area (Å²) in [6.07, 6.45) is 0.